The maximum atomic E-state index is 5.76. The van der Waals surface area contributed by atoms with E-state index in [0.29, 0.717) is 47.3 Å². The molecule has 0 saturated heterocycles. The van der Waals surface area contributed by atoms with Gasteiger partial charge in [0.2, 0.25) is 0 Å². The van der Waals surface area contributed by atoms with Crippen LogP contribution < -0.4 is 48.5 Å². The van der Waals surface area contributed by atoms with E-state index in [1.54, 1.807) is 56.9 Å². The molecule has 0 radical (unpaired) electrons. The van der Waals surface area contributed by atoms with Crippen molar-refractivity contribution >= 4 is 0 Å². The molecule has 0 aliphatic carbocycles. The maximum Gasteiger partial charge on any atom is 0.161 e. The average molecular weight is 709 g/mol. The predicted molar refractivity (Wildman–Crippen MR) is 200 cm³/mol. The van der Waals surface area contributed by atoms with E-state index in [-0.39, 0.29) is 12.1 Å². The van der Waals surface area contributed by atoms with E-state index < -0.39 is 0 Å². The lowest BCUT2D eigenvalue weighted by Gasteiger charge is -2.29. The first kappa shape index (κ1) is 36.5. The SMILES string of the molecule is COc1cc(C#Cc2cc(OC)c(OC)cc2C[C@H]2NCCc3cc(OC)c(OC)cc32)c(C[C@@H]2NCCc3cc(OC)c(OC)cc32)cc1OC. The summed E-state index contributed by atoms with van der Waals surface area (Å²) >= 11 is 0. The molecule has 10 nitrogen and oxygen atoms in total. The van der Waals surface area contributed by atoms with E-state index in [1.165, 1.54) is 22.3 Å². The van der Waals surface area contributed by atoms with E-state index in [2.05, 4.69) is 46.7 Å². The molecule has 2 atom stereocenters. The Kier molecular flexibility index (Phi) is 11.5. The van der Waals surface area contributed by atoms with Crippen molar-refractivity contribution in [3.63, 3.8) is 0 Å². The summed E-state index contributed by atoms with van der Waals surface area (Å²) in [5, 5.41) is 7.43. The van der Waals surface area contributed by atoms with Crippen molar-refractivity contribution in [3.8, 4) is 57.8 Å². The van der Waals surface area contributed by atoms with Gasteiger partial charge in [-0.1, -0.05) is 11.8 Å². The fraction of sp³-hybridized carbons (Fsp3) is 0.381. The number of rotatable bonds is 12. The van der Waals surface area contributed by atoms with Crippen LogP contribution in [-0.4, -0.2) is 70.0 Å². The Morgan fingerprint density at radius 3 is 1.10 bits per heavy atom. The zero-order valence-corrected chi connectivity index (χ0v) is 31.3. The molecule has 0 amide bonds. The Bertz CT molecular complexity index is 1840. The van der Waals surface area contributed by atoms with Gasteiger partial charge in [-0.2, -0.15) is 0 Å². The summed E-state index contributed by atoms with van der Waals surface area (Å²) in [6.45, 7) is 1.68. The van der Waals surface area contributed by atoms with Gasteiger partial charge in [0.25, 0.3) is 0 Å². The molecule has 274 valence electrons. The molecule has 10 heteroatoms. The van der Waals surface area contributed by atoms with Gasteiger partial charge < -0.3 is 48.5 Å². The number of benzene rings is 4. The summed E-state index contributed by atoms with van der Waals surface area (Å²) in [5.74, 6) is 12.4. The first-order valence-corrected chi connectivity index (χ1v) is 17.4. The highest BCUT2D eigenvalue weighted by atomic mass is 16.5. The van der Waals surface area contributed by atoms with Crippen molar-refractivity contribution in [1.29, 1.82) is 0 Å². The summed E-state index contributed by atoms with van der Waals surface area (Å²) in [7, 11) is 13.2. The second-order valence-electron chi connectivity index (χ2n) is 12.7. The third kappa shape index (κ3) is 7.38. The van der Waals surface area contributed by atoms with Crippen molar-refractivity contribution in [2.24, 2.45) is 0 Å². The minimum atomic E-state index is 0.0203. The van der Waals surface area contributed by atoms with Crippen molar-refractivity contribution in [2.75, 3.05) is 70.0 Å². The lowest BCUT2D eigenvalue weighted by molar-refractivity contribution is 0.351. The van der Waals surface area contributed by atoms with E-state index in [9.17, 15) is 0 Å². The first-order valence-electron chi connectivity index (χ1n) is 17.4. The summed E-state index contributed by atoms with van der Waals surface area (Å²) in [6.07, 6.45) is 3.13. The molecule has 2 heterocycles. The highest BCUT2D eigenvalue weighted by Crippen LogP contribution is 2.40. The fourth-order valence-corrected chi connectivity index (χ4v) is 7.29. The molecule has 0 spiro atoms. The van der Waals surface area contributed by atoms with Crippen LogP contribution in [0, 0.1) is 11.8 Å². The normalized spacial score (nSPS) is 16.0. The molecule has 4 aromatic rings. The van der Waals surface area contributed by atoms with Gasteiger partial charge in [0.1, 0.15) is 0 Å². The van der Waals surface area contributed by atoms with E-state index >= 15 is 0 Å². The first-order chi connectivity index (χ1) is 25.4. The van der Waals surface area contributed by atoms with Gasteiger partial charge in [0, 0.05) is 23.2 Å². The van der Waals surface area contributed by atoms with Crippen LogP contribution >= 0.6 is 0 Å². The molecule has 2 aliphatic heterocycles. The molecule has 0 aromatic heterocycles. The van der Waals surface area contributed by atoms with Crippen LogP contribution in [0.2, 0.25) is 0 Å². The molecule has 6 rings (SSSR count). The molecule has 0 saturated carbocycles. The third-order valence-corrected chi connectivity index (χ3v) is 10.0. The summed E-state index contributed by atoms with van der Waals surface area (Å²) in [4.78, 5) is 0. The number of fused-ring (bicyclic) bond motifs is 2. The van der Waals surface area contributed by atoms with Crippen LogP contribution in [0.4, 0.5) is 0 Å². The highest BCUT2D eigenvalue weighted by molar-refractivity contribution is 5.60. The fourth-order valence-electron chi connectivity index (χ4n) is 7.29. The van der Waals surface area contributed by atoms with Crippen molar-refractivity contribution in [2.45, 2.75) is 37.8 Å². The van der Waals surface area contributed by atoms with Crippen LogP contribution in [0.3, 0.4) is 0 Å². The van der Waals surface area contributed by atoms with Crippen LogP contribution in [0.15, 0.2) is 48.5 Å². The molecular weight excluding hydrogens is 660 g/mol. The largest absolute Gasteiger partial charge is 0.493 e. The Labute approximate surface area is 306 Å². The molecule has 2 aliphatic rings. The Morgan fingerprint density at radius 1 is 0.442 bits per heavy atom. The molecule has 52 heavy (non-hydrogen) atoms. The van der Waals surface area contributed by atoms with E-state index in [1.807, 2.05) is 24.3 Å². The number of hydrogen-bond acceptors (Lipinski definition) is 10. The Balaban J connectivity index is 1.42. The topological polar surface area (TPSA) is 97.9 Å². The van der Waals surface area contributed by atoms with Crippen molar-refractivity contribution in [1.82, 2.24) is 10.6 Å². The number of nitrogens with one attached hydrogen (secondary N) is 2. The predicted octanol–water partition coefficient (Wildman–Crippen LogP) is 6.01. The third-order valence-electron chi connectivity index (χ3n) is 10.0. The molecule has 0 unspecified atom stereocenters. The van der Waals surface area contributed by atoms with Crippen LogP contribution in [0.1, 0.15) is 56.6 Å². The van der Waals surface area contributed by atoms with Gasteiger partial charge in [-0.25, -0.2) is 0 Å². The van der Waals surface area contributed by atoms with Gasteiger partial charge in [-0.3, -0.25) is 0 Å². The quantitative estimate of drug-likeness (QED) is 0.170. The van der Waals surface area contributed by atoms with Crippen LogP contribution in [0.25, 0.3) is 0 Å². The van der Waals surface area contributed by atoms with E-state index in [4.69, 9.17) is 37.9 Å². The standard InChI is InChI=1S/C42H48N2O8/c1-45-35-17-25(29(21-39(35)49-5)15-33-31-23-41(51-7)37(47-3)19-27(31)11-13-43-33)9-10-26-18-36(46-2)40(50-6)22-30(26)16-34-32-24-42(52-8)38(48-4)20-28(32)12-14-44-34/h17-24,33-34,43-44H,11-16H2,1-8H3/t33-,34+. The molecular formula is C42H48N2O8. The van der Waals surface area contributed by atoms with Crippen LogP contribution in [0.5, 0.6) is 46.0 Å². The smallest absolute Gasteiger partial charge is 0.161 e. The van der Waals surface area contributed by atoms with Crippen LogP contribution in [-0.2, 0) is 25.7 Å². The monoisotopic (exact) mass is 708 g/mol. The Hall–Kier alpha value is -5.24. The van der Waals surface area contributed by atoms with Gasteiger partial charge >= 0.3 is 0 Å². The number of ether oxygens (including phenoxy) is 8. The van der Waals surface area contributed by atoms with E-state index in [0.717, 1.165) is 59.7 Å². The Morgan fingerprint density at radius 2 is 0.750 bits per heavy atom. The zero-order chi connectivity index (χ0) is 36.8. The van der Waals surface area contributed by atoms with Crippen molar-refractivity contribution in [3.05, 3.63) is 93.0 Å². The van der Waals surface area contributed by atoms with Gasteiger partial charge in [-0.15, -0.1) is 0 Å². The van der Waals surface area contributed by atoms with Gasteiger partial charge in [0.15, 0.2) is 46.0 Å². The second-order valence-corrected chi connectivity index (χ2v) is 12.7. The zero-order valence-electron chi connectivity index (χ0n) is 31.3. The lowest BCUT2D eigenvalue weighted by Crippen LogP contribution is -2.31. The molecule has 0 bridgehead atoms. The summed E-state index contributed by atoms with van der Waals surface area (Å²) in [5.41, 5.74) is 8.55. The summed E-state index contributed by atoms with van der Waals surface area (Å²) < 4.78 is 45.6. The average Bonchev–Trinajstić information content (AvgIpc) is 3.19. The van der Waals surface area contributed by atoms with Gasteiger partial charge in [-0.05, 0) is 121 Å². The lowest BCUT2D eigenvalue weighted by atomic mass is 9.88. The minimum absolute atomic E-state index is 0.0203. The van der Waals surface area contributed by atoms with Gasteiger partial charge in [0.05, 0.1) is 56.9 Å². The molecule has 2 N–H and O–H groups in total. The van der Waals surface area contributed by atoms with Crippen molar-refractivity contribution < 1.29 is 37.9 Å². The second kappa shape index (κ2) is 16.4. The molecule has 0 fully saturated rings. The minimum Gasteiger partial charge on any atom is -0.493 e. The maximum absolute atomic E-state index is 5.76. The summed E-state index contributed by atoms with van der Waals surface area (Å²) in [6, 6.07) is 16.3. The highest BCUT2D eigenvalue weighted by Gasteiger charge is 2.26. The molecule has 4 aromatic carbocycles. The number of hydrogen-bond donors (Lipinski definition) is 2. The number of methoxy groups -OCH3 is 8.